The Bertz CT molecular complexity index is 1350. The first-order chi connectivity index (χ1) is 14.4. The molecule has 1 aliphatic heterocycles. The molecule has 0 fully saturated rings. The van der Waals surface area contributed by atoms with Gasteiger partial charge in [-0.3, -0.25) is 9.88 Å². The largest absolute Gasteiger partial charge is 0.294 e. The minimum atomic E-state index is 0.893. The second kappa shape index (κ2) is 6.24. The molecule has 0 aliphatic carbocycles. The lowest BCUT2D eigenvalue weighted by molar-refractivity contribution is 1.11. The average molecular weight is 372 g/mol. The summed E-state index contributed by atoms with van der Waals surface area (Å²) >= 11 is 0. The molecule has 29 heavy (non-hydrogen) atoms. The number of pyridine rings is 1. The first-order valence-electron chi connectivity index (χ1n) is 9.54. The van der Waals surface area contributed by atoms with Crippen molar-refractivity contribution >= 4 is 28.0 Å². The van der Waals surface area contributed by atoms with Gasteiger partial charge in [-0.2, -0.15) is 0 Å². The highest BCUT2D eigenvalue weighted by Gasteiger charge is 2.27. The van der Waals surface area contributed by atoms with Gasteiger partial charge in [0.1, 0.15) is 12.1 Å². The lowest BCUT2D eigenvalue weighted by atomic mass is 9.91. The summed E-state index contributed by atoms with van der Waals surface area (Å²) in [4.78, 5) is 15.8. The van der Waals surface area contributed by atoms with E-state index < -0.39 is 0 Å². The van der Waals surface area contributed by atoms with Crippen molar-refractivity contribution in [3.05, 3.63) is 97.6 Å². The number of nitrogens with zero attached hydrogens (tertiary/aromatic N) is 4. The highest BCUT2D eigenvalue weighted by molar-refractivity contribution is 6.14. The molecular weight excluding hydrogens is 356 g/mol. The zero-order chi connectivity index (χ0) is 19.2. The molecule has 0 amide bonds. The molecule has 1 aliphatic rings. The Hall–Kier alpha value is -4.05. The van der Waals surface area contributed by atoms with Gasteiger partial charge in [-0.05, 0) is 53.4 Å². The van der Waals surface area contributed by atoms with Crippen LogP contribution in [0.25, 0.3) is 33.2 Å². The van der Waals surface area contributed by atoms with E-state index in [1.54, 1.807) is 6.33 Å². The van der Waals surface area contributed by atoms with Crippen molar-refractivity contribution in [1.29, 1.82) is 0 Å². The number of aromatic nitrogens is 3. The van der Waals surface area contributed by atoms with Crippen LogP contribution in [0.4, 0.5) is 17.2 Å². The van der Waals surface area contributed by atoms with E-state index in [1.807, 2.05) is 36.7 Å². The molecule has 2 aromatic heterocycles. The number of para-hydroxylation sites is 1. The minimum absolute atomic E-state index is 0.893. The van der Waals surface area contributed by atoms with Gasteiger partial charge in [-0.25, -0.2) is 9.97 Å². The summed E-state index contributed by atoms with van der Waals surface area (Å²) in [5, 5.41) is 2.38. The van der Waals surface area contributed by atoms with Gasteiger partial charge in [-0.1, -0.05) is 36.4 Å². The number of benzene rings is 3. The van der Waals surface area contributed by atoms with Crippen LogP contribution in [0.5, 0.6) is 0 Å². The lowest BCUT2D eigenvalue weighted by Crippen LogP contribution is -2.16. The summed E-state index contributed by atoms with van der Waals surface area (Å²) in [6, 6.07) is 27.2. The standard InChI is InChI=1S/C25H16N4/c1-2-8-19(9-3-1)29-23-11-6-7-17-13-18(22-10-4-5-12-27-22)14-20(24(17)23)21-15-26-16-28-25(21)29/h1-16H. The third-order valence-electron chi connectivity index (χ3n) is 5.36. The van der Waals surface area contributed by atoms with E-state index in [0.29, 0.717) is 0 Å². The fourth-order valence-electron chi connectivity index (χ4n) is 4.13. The maximum Gasteiger partial charge on any atom is 0.148 e. The Morgan fingerprint density at radius 3 is 2.48 bits per heavy atom. The highest BCUT2D eigenvalue weighted by atomic mass is 15.2. The molecule has 0 bridgehead atoms. The fourth-order valence-corrected chi connectivity index (χ4v) is 4.13. The van der Waals surface area contributed by atoms with E-state index in [-0.39, 0.29) is 0 Å². The van der Waals surface area contributed by atoms with E-state index in [1.165, 1.54) is 10.8 Å². The normalized spacial score (nSPS) is 12.1. The van der Waals surface area contributed by atoms with Crippen molar-refractivity contribution in [2.75, 3.05) is 4.90 Å². The van der Waals surface area contributed by atoms with Crippen LogP contribution in [-0.4, -0.2) is 15.0 Å². The van der Waals surface area contributed by atoms with Crippen LogP contribution in [0.1, 0.15) is 0 Å². The zero-order valence-electron chi connectivity index (χ0n) is 15.5. The van der Waals surface area contributed by atoms with Crippen LogP contribution in [0, 0.1) is 0 Å². The summed E-state index contributed by atoms with van der Waals surface area (Å²) in [6.07, 6.45) is 5.35. The van der Waals surface area contributed by atoms with Gasteiger partial charge in [0, 0.05) is 34.6 Å². The Kier molecular flexibility index (Phi) is 3.43. The van der Waals surface area contributed by atoms with Gasteiger partial charge in [-0.15, -0.1) is 0 Å². The van der Waals surface area contributed by atoms with Crippen LogP contribution in [0.2, 0.25) is 0 Å². The van der Waals surface area contributed by atoms with Crippen molar-refractivity contribution in [2.24, 2.45) is 0 Å². The first-order valence-corrected chi connectivity index (χ1v) is 9.54. The molecule has 4 nitrogen and oxygen atoms in total. The molecule has 3 aromatic carbocycles. The molecule has 136 valence electrons. The van der Waals surface area contributed by atoms with E-state index in [0.717, 1.165) is 39.6 Å². The van der Waals surface area contributed by atoms with Gasteiger partial charge in [0.2, 0.25) is 0 Å². The number of anilines is 3. The zero-order valence-corrected chi connectivity index (χ0v) is 15.5. The molecule has 0 saturated carbocycles. The fraction of sp³-hybridized carbons (Fsp3) is 0. The first kappa shape index (κ1) is 16.0. The smallest absolute Gasteiger partial charge is 0.148 e. The van der Waals surface area contributed by atoms with E-state index >= 15 is 0 Å². The molecule has 5 aromatic rings. The number of rotatable bonds is 2. The predicted octanol–water partition coefficient (Wildman–Crippen LogP) is 6.14. The molecule has 0 spiro atoms. The van der Waals surface area contributed by atoms with Crippen molar-refractivity contribution in [3.63, 3.8) is 0 Å². The minimum Gasteiger partial charge on any atom is -0.294 e. The third-order valence-corrected chi connectivity index (χ3v) is 5.36. The predicted molar refractivity (Wildman–Crippen MR) is 116 cm³/mol. The quantitative estimate of drug-likeness (QED) is 0.366. The van der Waals surface area contributed by atoms with Crippen LogP contribution < -0.4 is 4.90 Å². The number of hydrogen-bond donors (Lipinski definition) is 0. The molecule has 4 heteroatoms. The molecule has 0 saturated heterocycles. The Morgan fingerprint density at radius 1 is 0.724 bits per heavy atom. The molecule has 0 N–H and O–H groups in total. The van der Waals surface area contributed by atoms with Gasteiger partial charge >= 0.3 is 0 Å². The second-order valence-electron chi connectivity index (χ2n) is 7.05. The third kappa shape index (κ3) is 2.43. The van der Waals surface area contributed by atoms with Gasteiger partial charge in [0.25, 0.3) is 0 Å². The lowest BCUT2D eigenvalue weighted by Gasteiger charge is -2.32. The van der Waals surface area contributed by atoms with Crippen LogP contribution in [0.15, 0.2) is 97.6 Å². The average Bonchev–Trinajstić information content (AvgIpc) is 2.80. The van der Waals surface area contributed by atoms with Gasteiger partial charge in [0.05, 0.1) is 11.4 Å². The SMILES string of the molecule is c1ccc(N2c3ncncc3-c3cc(-c4ccccn4)cc4cccc2c34)cc1. The monoisotopic (exact) mass is 372 g/mol. The molecular formula is C25H16N4. The summed E-state index contributed by atoms with van der Waals surface area (Å²) in [6.45, 7) is 0. The van der Waals surface area contributed by atoms with E-state index in [2.05, 4.69) is 74.4 Å². The molecule has 0 radical (unpaired) electrons. The summed E-state index contributed by atoms with van der Waals surface area (Å²) in [7, 11) is 0. The molecule has 3 heterocycles. The number of fused-ring (bicyclic) bond motifs is 2. The molecule has 6 rings (SSSR count). The maximum atomic E-state index is 4.66. The van der Waals surface area contributed by atoms with Crippen molar-refractivity contribution in [3.8, 4) is 22.4 Å². The van der Waals surface area contributed by atoms with E-state index in [9.17, 15) is 0 Å². The van der Waals surface area contributed by atoms with Gasteiger partial charge in [0.15, 0.2) is 0 Å². The Balaban J connectivity index is 1.71. The Morgan fingerprint density at radius 2 is 1.62 bits per heavy atom. The van der Waals surface area contributed by atoms with Crippen LogP contribution in [0.3, 0.4) is 0 Å². The summed E-state index contributed by atoms with van der Waals surface area (Å²) in [5.41, 5.74) is 6.43. The van der Waals surface area contributed by atoms with Crippen molar-refractivity contribution in [1.82, 2.24) is 15.0 Å². The summed E-state index contributed by atoms with van der Waals surface area (Å²) < 4.78 is 0. The molecule has 0 unspecified atom stereocenters. The van der Waals surface area contributed by atoms with Crippen molar-refractivity contribution in [2.45, 2.75) is 0 Å². The Labute approximate surface area is 168 Å². The highest BCUT2D eigenvalue weighted by Crippen LogP contribution is 2.50. The topological polar surface area (TPSA) is 41.9 Å². The molecule has 0 atom stereocenters. The van der Waals surface area contributed by atoms with Crippen LogP contribution >= 0.6 is 0 Å². The summed E-state index contributed by atoms with van der Waals surface area (Å²) in [5.74, 6) is 0.893. The number of hydrogen-bond acceptors (Lipinski definition) is 4. The van der Waals surface area contributed by atoms with Gasteiger partial charge < -0.3 is 0 Å². The van der Waals surface area contributed by atoms with E-state index in [4.69, 9.17) is 0 Å². The van der Waals surface area contributed by atoms with Crippen LogP contribution in [-0.2, 0) is 0 Å². The van der Waals surface area contributed by atoms with Crippen molar-refractivity contribution < 1.29 is 0 Å². The second-order valence-corrected chi connectivity index (χ2v) is 7.05. The maximum absolute atomic E-state index is 4.66.